The number of nitrogens with zero attached hydrogens (tertiary/aromatic N) is 1. The molecule has 0 saturated heterocycles. The van der Waals surface area contributed by atoms with Crippen LogP contribution in [0.1, 0.15) is 41.8 Å². The molecule has 7 heteroatoms. The third-order valence-electron chi connectivity index (χ3n) is 2.70. The summed E-state index contributed by atoms with van der Waals surface area (Å²) >= 11 is 0. The molecule has 0 aliphatic carbocycles. The molecule has 0 atom stereocenters. The van der Waals surface area contributed by atoms with Crippen molar-refractivity contribution in [2.45, 2.75) is 32.5 Å². The quantitative estimate of drug-likeness (QED) is 0.877. The Balaban J connectivity index is 3.30. The van der Waals surface area contributed by atoms with Crippen LogP contribution < -0.4 is 11.1 Å². The molecular weight excluding hydrogens is 295 g/mol. The summed E-state index contributed by atoms with van der Waals surface area (Å²) < 4.78 is 37.3. The molecule has 1 aromatic rings. The molecule has 0 unspecified atom stereocenters. The zero-order valence-corrected chi connectivity index (χ0v) is 12.2. The van der Waals surface area contributed by atoms with Crippen LogP contribution in [0.3, 0.4) is 0 Å². The highest BCUT2D eigenvalue weighted by atomic mass is 19.4. The van der Waals surface area contributed by atoms with E-state index < -0.39 is 18.5 Å². The van der Waals surface area contributed by atoms with Gasteiger partial charge in [-0.3, -0.25) is 4.79 Å². The Bertz CT molecular complexity index is 628. The Hall–Kier alpha value is -2.49. The lowest BCUT2D eigenvalue weighted by Gasteiger charge is -2.17. The van der Waals surface area contributed by atoms with Crippen LogP contribution in [0.2, 0.25) is 0 Å². The van der Waals surface area contributed by atoms with Gasteiger partial charge in [-0.05, 0) is 26.0 Å². The molecule has 3 N–H and O–H groups in total. The number of alkyl halides is 3. The van der Waals surface area contributed by atoms with Gasteiger partial charge in [-0.2, -0.15) is 18.4 Å². The van der Waals surface area contributed by atoms with Gasteiger partial charge in [-0.25, -0.2) is 0 Å². The van der Waals surface area contributed by atoms with Crippen LogP contribution >= 0.6 is 0 Å². The Labute approximate surface area is 126 Å². The standard InChI is InChI=1S/C15H16F3N3O/c1-9(2)21-13(5-6-15(16,17)18)12-4-3-10(14(20)22)7-11(12)8-19/h3-5,7,9,21H,6H2,1-2H3,(H2,20,22)/b13-5-. The van der Waals surface area contributed by atoms with E-state index >= 15 is 0 Å². The van der Waals surface area contributed by atoms with Crippen molar-refractivity contribution >= 4 is 11.6 Å². The largest absolute Gasteiger partial charge is 0.392 e. The molecule has 0 bridgehead atoms. The van der Waals surface area contributed by atoms with Gasteiger partial charge in [0.25, 0.3) is 0 Å². The molecule has 118 valence electrons. The number of amides is 1. The minimum atomic E-state index is -4.34. The summed E-state index contributed by atoms with van der Waals surface area (Å²) in [4.78, 5) is 11.1. The number of nitrogens with one attached hydrogen (secondary N) is 1. The first-order valence-electron chi connectivity index (χ1n) is 6.52. The molecular formula is C15H16F3N3O. The van der Waals surface area contributed by atoms with E-state index in [4.69, 9.17) is 11.0 Å². The van der Waals surface area contributed by atoms with Gasteiger partial charge < -0.3 is 11.1 Å². The summed E-state index contributed by atoms with van der Waals surface area (Å²) in [6.07, 6.45) is -4.48. The highest BCUT2D eigenvalue weighted by Gasteiger charge is 2.26. The Kier molecular flexibility index (Phi) is 5.57. The van der Waals surface area contributed by atoms with E-state index in [2.05, 4.69) is 5.32 Å². The highest BCUT2D eigenvalue weighted by molar-refractivity contribution is 5.93. The zero-order valence-electron chi connectivity index (χ0n) is 12.2. The van der Waals surface area contributed by atoms with Crippen molar-refractivity contribution in [2.75, 3.05) is 0 Å². The van der Waals surface area contributed by atoms with Crippen LogP contribution in [0, 0.1) is 11.3 Å². The Morgan fingerprint density at radius 1 is 1.45 bits per heavy atom. The van der Waals surface area contributed by atoms with Crippen LogP contribution in [0.25, 0.3) is 5.70 Å². The number of primary amides is 1. The summed E-state index contributed by atoms with van der Waals surface area (Å²) in [5, 5.41) is 12.0. The number of nitriles is 1. The fourth-order valence-corrected chi connectivity index (χ4v) is 1.80. The van der Waals surface area contributed by atoms with Gasteiger partial charge in [0.05, 0.1) is 18.1 Å². The normalized spacial score (nSPS) is 12.1. The van der Waals surface area contributed by atoms with E-state index in [1.807, 2.05) is 6.07 Å². The third kappa shape index (κ3) is 5.13. The van der Waals surface area contributed by atoms with Crippen LogP contribution in [0.15, 0.2) is 24.3 Å². The molecule has 22 heavy (non-hydrogen) atoms. The molecule has 0 saturated carbocycles. The fourth-order valence-electron chi connectivity index (χ4n) is 1.80. The molecule has 0 radical (unpaired) electrons. The van der Waals surface area contributed by atoms with E-state index in [0.29, 0.717) is 5.56 Å². The van der Waals surface area contributed by atoms with Gasteiger partial charge in [-0.15, -0.1) is 0 Å². The number of rotatable bonds is 5. The van der Waals surface area contributed by atoms with Gasteiger partial charge in [0, 0.05) is 22.9 Å². The fraction of sp³-hybridized carbons (Fsp3) is 0.333. The lowest BCUT2D eigenvalue weighted by Crippen LogP contribution is -2.22. The van der Waals surface area contributed by atoms with E-state index in [1.165, 1.54) is 18.2 Å². The zero-order chi connectivity index (χ0) is 16.9. The second kappa shape index (κ2) is 6.98. The van der Waals surface area contributed by atoms with E-state index in [1.54, 1.807) is 13.8 Å². The molecule has 1 amide bonds. The molecule has 0 heterocycles. The van der Waals surface area contributed by atoms with Crippen LogP contribution in [0.4, 0.5) is 13.2 Å². The SMILES string of the molecule is CC(C)N/C(=C\CC(F)(F)F)c1ccc(C(N)=O)cc1C#N. The molecule has 0 aliphatic rings. The number of carbonyl (C=O) groups is 1. The number of halogens is 3. The van der Waals surface area contributed by atoms with Crippen molar-refractivity contribution in [3.63, 3.8) is 0 Å². The third-order valence-corrected chi connectivity index (χ3v) is 2.70. The van der Waals surface area contributed by atoms with Crippen molar-refractivity contribution in [1.29, 1.82) is 5.26 Å². The second-order valence-corrected chi connectivity index (χ2v) is 4.97. The number of benzene rings is 1. The smallest absolute Gasteiger partial charge is 0.383 e. The average Bonchev–Trinajstić information content (AvgIpc) is 2.41. The van der Waals surface area contributed by atoms with Gasteiger partial charge in [0.1, 0.15) is 0 Å². The Morgan fingerprint density at radius 3 is 2.55 bits per heavy atom. The molecule has 0 spiro atoms. The second-order valence-electron chi connectivity index (χ2n) is 4.97. The predicted molar refractivity (Wildman–Crippen MR) is 76.6 cm³/mol. The van der Waals surface area contributed by atoms with Crippen molar-refractivity contribution in [3.8, 4) is 6.07 Å². The topological polar surface area (TPSA) is 78.9 Å². The maximum absolute atomic E-state index is 12.4. The first-order valence-corrected chi connectivity index (χ1v) is 6.52. The number of allylic oxidation sites excluding steroid dienone is 1. The summed E-state index contributed by atoms with van der Waals surface area (Å²) in [6.45, 7) is 3.54. The minimum absolute atomic E-state index is 0.0814. The number of hydrogen-bond acceptors (Lipinski definition) is 3. The summed E-state index contributed by atoms with van der Waals surface area (Å²) in [6, 6.07) is 5.80. The maximum atomic E-state index is 12.4. The van der Waals surface area contributed by atoms with Crippen LogP contribution in [-0.4, -0.2) is 18.1 Å². The van der Waals surface area contributed by atoms with Crippen molar-refractivity contribution in [1.82, 2.24) is 5.32 Å². The summed E-state index contributed by atoms with van der Waals surface area (Å²) in [7, 11) is 0. The van der Waals surface area contributed by atoms with Gasteiger partial charge in [-0.1, -0.05) is 12.1 Å². The lowest BCUT2D eigenvalue weighted by atomic mass is 10.0. The number of nitrogens with two attached hydrogens (primary N) is 1. The Morgan fingerprint density at radius 2 is 2.09 bits per heavy atom. The molecule has 1 aromatic carbocycles. The number of hydrogen-bond donors (Lipinski definition) is 2. The van der Waals surface area contributed by atoms with Gasteiger partial charge in [0.15, 0.2) is 0 Å². The first-order chi connectivity index (χ1) is 10.1. The van der Waals surface area contributed by atoms with Gasteiger partial charge >= 0.3 is 6.18 Å². The molecule has 4 nitrogen and oxygen atoms in total. The molecule has 1 rings (SSSR count). The van der Waals surface area contributed by atoms with Crippen LogP contribution in [-0.2, 0) is 0 Å². The highest BCUT2D eigenvalue weighted by Crippen LogP contribution is 2.25. The van der Waals surface area contributed by atoms with E-state index in [-0.39, 0.29) is 22.9 Å². The predicted octanol–water partition coefficient (Wildman–Crippen LogP) is 2.95. The van der Waals surface area contributed by atoms with Crippen LogP contribution in [0.5, 0.6) is 0 Å². The minimum Gasteiger partial charge on any atom is -0.383 e. The first kappa shape index (κ1) is 17.6. The summed E-state index contributed by atoms with van der Waals surface area (Å²) in [5.41, 5.74) is 5.83. The molecule has 0 aliphatic heterocycles. The maximum Gasteiger partial charge on any atom is 0.392 e. The molecule has 0 aromatic heterocycles. The number of carbonyl (C=O) groups excluding carboxylic acids is 1. The van der Waals surface area contributed by atoms with Gasteiger partial charge in [0.2, 0.25) is 5.91 Å². The van der Waals surface area contributed by atoms with E-state index in [0.717, 1.165) is 6.08 Å². The monoisotopic (exact) mass is 311 g/mol. The lowest BCUT2D eigenvalue weighted by molar-refractivity contribution is -0.124. The van der Waals surface area contributed by atoms with E-state index in [9.17, 15) is 18.0 Å². The van der Waals surface area contributed by atoms with Crippen molar-refractivity contribution in [2.24, 2.45) is 5.73 Å². The summed E-state index contributed by atoms with van der Waals surface area (Å²) in [5.74, 6) is -0.708. The average molecular weight is 311 g/mol. The van der Waals surface area contributed by atoms with Crippen molar-refractivity contribution in [3.05, 3.63) is 41.0 Å². The van der Waals surface area contributed by atoms with Crippen molar-refractivity contribution < 1.29 is 18.0 Å². The molecule has 0 fully saturated rings.